The normalized spacial score (nSPS) is 11.4. The minimum atomic E-state index is -0.460. The summed E-state index contributed by atoms with van der Waals surface area (Å²) >= 11 is 0. The van der Waals surface area contributed by atoms with E-state index in [-0.39, 0.29) is 13.2 Å². The minimum Gasteiger partial charge on any atom is -0.422 e. The maximum atomic E-state index is 12.2. The first-order chi connectivity index (χ1) is 10.8. The van der Waals surface area contributed by atoms with Crippen molar-refractivity contribution in [2.75, 3.05) is 31.6 Å². The molecule has 0 bridgehead atoms. The van der Waals surface area contributed by atoms with Crippen molar-refractivity contribution in [3.05, 3.63) is 40.2 Å². The van der Waals surface area contributed by atoms with Crippen molar-refractivity contribution in [2.24, 2.45) is 4.99 Å². The minimum absolute atomic E-state index is 0.0608. The van der Waals surface area contributed by atoms with E-state index in [1.165, 1.54) is 6.21 Å². The number of para-hydroxylation sites is 1. The van der Waals surface area contributed by atoms with E-state index in [4.69, 9.17) is 14.6 Å². The number of nitrogens with one attached hydrogen (secondary N) is 1. The second-order valence-corrected chi connectivity index (χ2v) is 4.79. The van der Waals surface area contributed by atoms with Gasteiger partial charge in [0.15, 0.2) is 0 Å². The van der Waals surface area contributed by atoms with Crippen molar-refractivity contribution in [3.63, 3.8) is 0 Å². The maximum absolute atomic E-state index is 12.2. The molecule has 1 aromatic carbocycles. The van der Waals surface area contributed by atoms with Gasteiger partial charge in [-0.25, -0.2) is 4.79 Å². The molecule has 0 fully saturated rings. The fourth-order valence-electron chi connectivity index (χ4n) is 2.08. The SMILES string of the molecule is O=c1oc2ccccc2c(NCCCO)c1C=NCCCO. The zero-order valence-corrected chi connectivity index (χ0v) is 12.3. The van der Waals surface area contributed by atoms with Crippen LogP contribution in [0, 0.1) is 0 Å². The standard InChI is InChI=1S/C16H20N2O4/c19-9-3-7-17-11-13-15(18-8-4-10-20)12-5-1-2-6-14(12)22-16(13)21/h1-2,5-6,11,18-20H,3-4,7-10H2. The van der Waals surface area contributed by atoms with Crippen LogP contribution in [-0.2, 0) is 0 Å². The van der Waals surface area contributed by atoms with Crippen molar-refractivity contribution >= 4 is 22.9 Å². The lowest BCUT2D eigenvalue weighted by Gasteiger charge is -2.11. The molecule has 0 spiro atoms. The number of benzene rings is 1. The van der Waals surface area contributed by atoms with Crippen LogP contribution in [0.25, 0.3) is 11.0 Å². The average molecular weight is 304 g/mol. The van der Waals surface area contributed by atoms with Gasteiger partial charge in [0.05, 0.1) is 5.69 Å². The zero-order chi connectivity index (χ0) is 15.8. The van der Waals surface area contributed by atoms with Crippen molar-refractivity contribution < 1.29 is 14.6 Å². The molecule has 1 heterocycles. The highest BCUT2D eigenvalue weighted by molar-refractivity contribution is 6.00. The summed E-state index contributed by atoms with van der Waals surface area (Å²) in [7, 11) is 0. The number of anilines is 1. The Kier molecular flexibility index (Phi) is 6.12. The van der Waals surface area contributed by atoms with Gasteiger partial charge in [-0.15, -0.1) is 0 Å². The van der Waals surface area contributed by atoms with Gasteiger partial charge in [-0.3, -0.25) is 4.99 Å². The summed E-state index contributed by atoms with van der Waals surface area (Å²) in [5, 5.41) is 21.7. The summed E-state index contributed by atoms with van der Waals surface area (Å²) in [4.78, 5) is 16.3. The summed E-state index contributed by atoms with van der Waals surface area (Å²) in [6, 6.07) is 7.27. The second kappa shape index (κ2) is 8.31. The van der Waals surface area contributed by atoms with Crippen LogP contribution in [0.1, 0.15) is 18.4 Å². The third-order valence-electron chi connectivity index (χ3n) is 3.15. The number of hydrogen-bond donors (Lipinski definition) is 3. The molecule has 1 aromatic heterocycles. The molecule has 118 valence electrons. The molecule has 2 aromatic rings. The topological polar surface area (TPSA) is 95.1 Å². The first-order valence-electron chi connectivity index (χ1n) is 7.29. The van der Waals surface area contributed by atoms with Crippen LogP contribution in [-0.4, -0.2) is 42.7 Å². The van der Waals surface area contributed by atoms with Gasteiger partial charge in [0, 0.05) is 37.9 Å². The van der Waals surface area contributed by atoms with Crippen molar-refractivity contribution in [2.45, 2.75) is 12.8 Å². The Morgan fingerprint density at radius 1 is 1.18 bits per heavy atom. The van der Waals surface area contributed by atoms with Gasteiger partial charge < -0.3 is 19.9 Å². The number of fused-ring (bicyclic) bond motifs is 1. The van der Waals surface area contributed by atoms with E-state index in [9.17, 15) is 4.79 Å². The molecule has 0 atom stereocenters. The Morgan fingerprint density at radius 3 is 2.73 bits per heavy atom. The van der Waals surface area contributed by atoms with Crippen LogP contribution in [0.3, 0.4) is 0 Å². The van der Waals surface area contributed by atoms with Crippen LogP contribution in [0.15, 0.2) is 38.5 Å². The summed E-state index contributed by atoms with van der Waals surface area (Å²) in [6.45, 7) is 1.12. The molecule has 0 aliphatic rings. The summed E-state index contributed by atoms with van der Waals surface area (Å²) in [6.07, 6.45) is 2.60. The van der Waals surface area contributed by atoms with E-state index < -0.39 is 5.63 Å². The molecule has 0 unspecified atom stereocenters. The number of hydrogen-bond acceptors (Lipinski definition) is 6. The van der Waals surface area contributed by atoms with E-state index in [2.05, 4.69) is 10.3 Å². The quantitative estimate of drug-likeness (QED) is 0.389. The largest absolute Gasteiger partial charge is 0.422 e. The highest BCUT2D eigenvalue weighted by atomic mass is 16.4. The molecular weight excluding hydrogens is 284 g/mol. The molecule has 6 heteroatoms. The molecule has 2 rings (SSSR count). The average Bonchev–Trinajstić information content (AvgIpc) is 2.53. The first-order valence-corrected chi connectivity index (χ1v) is 7.29. The third kappa shape index (κ3) is 3.93. The molecular formula is C16H20N2O4. The molecule has 0 saturated heterocycles. The highest BCUT2D eigenvalue weighted by Crippen LogP contribution is 2.24. The van der Waals surface area contributed by atoms with Crippen molar-refractivity contribution in [1.29, 1.82) is 0 Å². The van der Waals surface area contributed by atoms with Gasteiger partial charge in [0.1, 0.15) is 11.1 Å². The second-order valence-electron chi connectivity index (χ2n) is 4.79. The van der Waals surface area contributed by atoms with E-state index in [1.54, 1.807) is 12.1 Å². The predicted molar refractivity (Wildman–Crippen MR) is 86.8 cm³/mol. The van der Waals surface area contributed by atoms with E-state index >= 15 is 0 Å². The Balaban J connectivity index is 2.42. The lowest BCUT2D eigenvalue weighted by Crippen LogP contribution is -2.14. The lowest BCUT2D eigenvalue weighted by molar-refractivity contribution is 0.291. The predicted octanol–water partition coefficient (Wildman–Crippen LogP) is 1.39. The van der Waals surface area contributed by atoms with Gasteiger partial charge in [-0.2, -0.15) is 0 Å². The summed E-state index contributed by atoms with van der Waals surface area (Å²) < 4.78 is 5.31. The van der Waals surface area contributed by atoms with Gasteiger partial charge in [0.25, 0.3) is 0 Å². The third-order valence-corrected chi connectivity index (χ3v) is 3.15. The molecule has 6 nitrogen and oxygen atoms in total. The molecule has 0 amide bonds. The van der Waals surface area contributed by atoms with Crippen LogP contribution in [0.5, 0.6) is 0 Å². The fraction of sp³-hybridized carbons (Fsp3) is 0.375. The van der Waals surface area contributed by atoms with Crippen molar-refractivity contribution in [3.8, 4) is 0 Å². The van der Waals surface area contributed by atoms with Crippen molar-refractivity contribution in [1.82, 2.24) is 0 Å². The highest BCUT2D eigenvalue weighted by Gasteiger charge is 2.12. The van der Waals surface area contributed by atoms with Gasteiger partial charge >= 0.3 is 5.63 Å². The molecule has 22 heavy (non-hydrogen) atoms. The number of rotatable bonds is 8. The number of nitrogens with zero attached hydrogens (tertiary/aromatic N) is 1. The van der Waals surface area contributed by atoms with Crippen LogP contribution in [0.4, 0.5) is 5.69 Å². The van der Waals surface area contributed by atoms with Crippen LogP contribution >= 0.6 is 0 Å². The van der Waals surface area contributed by atoms with Gasteiger partial charge in [-0.05, 0) is 25.0 Å². The Labute approximate surface area is 128 Å². The Hall–Kier alpha value is -2.18. The van der Waals surface area contributed by atoms with E-state index in [0.717, 1.165) is 5.39 Å². The smallest absolute Gasteiger partial charge is 0.347 e. The van der Waals surface area contributed by atoms with Crippen LogP contribution < -0.4 is 10.9 Å². The molecule has 0 aliphatic heterocycles. The van der Waals surface area contributed by atoms with Gasteiger partial charge in [0.2, 0.25) is 0 Å². The zero-order valence-electron chi connectivity index (χ0n) is 12.3. The molecule has 0 aliphatic carbocycles. The van der Waals surface area contributed by atoms with E-state index in [1.807, 2.05) is 12.1 Å². The summed E-state index contributed by atoms with van der Waals surface area (Å²) in [5.74, 6) is 0. The van der Waals surface area contributed by atoms with Gasteiger partial charge in [-0.1, -0.05) is 12.1 Å². The van der Waals surface area contributed by atoms with E-state index in [0.29, 0.717) is 42.8 Å². The Morgan fingerprint density at radius 2 is 1.95 bits per heavy atom. The Bertz CT molecular complexity index is 694. The maximum Gasteiger partial charge on any atom is 0.347 e. The number of aliphatic imine (C=N–C) groups is 1. The first kappa shape index (κ1) is 16.2. The fourth-order valence-corrected chi connectivity index (χ4v) is 2.08. The molecule has 3 N–H and O–H groups in total. The summed E-state index contributed by atoms with van der Waals surface area (Å²) in [5.41, 5.74) is 1.06. The van der Waals surface area contributed by atoms with Crippen LogP contribution in [0.2, 0.25) is 0 Å². The lowest BCUT2D eigenvalue weighted by atomic mass is 10.1. The molecule has 0 radical (unpaired) electrons. The molecule has 0 saturated carbocycles. The number of aliphatic hydroxyl groups excluding tert-OH is 2. The number of aliphatic hydroxyl groups is 2. The monoisotopic (exact) mass is 304 g/mol.